The third kappa shape index (κ3) is 2.94. The maximum Gasteiger partial charge on any atom is 0.0716 e. The molecule has 0 saturated heterocycles. The Hall–Kier alpha value is -1.61. The van der Waals surface area contributed by atoms with Crippen molar-refractivity contribution < 1.29 is 4.74 Å². The molecule has 16 heavy (non-hydrogen) atoms. The Morgan fingerprint density at radius 1 is 1.19 bits per heavy atom. The number of rotatable bonds is 5. The first-order chi connectivity index (χ1) is 7.88. The summed E-state index contributed by atoms with van der Waals surface area (Å²) >= 11 is 0. The van der Waals surface area contributed by atoms with E-state index >= 15 is 0 Å². The first-order valence-corrected chi connectivity index (χ1v) is 5.51. The minimum Gasteiger partial charge on any atom is -0.377 e. The van der Waals surface area contributed by atoms with Crippen LogP contribution in [0, 0.1) is 0 Å². The highest BCUT2D eigenvalue weighted by molar-refractivity contribution is 5.22. The Bertz CT molecular complexity index is 406. The summed E-state index contributed by atoms with van der Waals surface area (Å²) < 4.78 is 7.26. The standard InChI is InChI=1S/C13H16N2O/c1-2-16-11-13-6-4-12(5-7-13)10-15-9-3-8-14-15/h3-9H,2,10-11H2,1H3. The lowest BCUT2D eigenvalue weighted by Gasteiger charge is -2.04. The van der Waals surface area contributed by atoms with Crippen LogP contribution in [-0.2, 0) is 17.9 Å². The average molecular weight is 216 g/mol. The second-order valence-electron chi connectivity index (χ2n) is 3.66. The number of benzene rings is 1. The molecule has 0 fully saturated rings. The van der Waals surface area contributed by atoms with Crippen molar-refractivity contribution in [3.8, 4) is 0 Å². The smallest absolute Gasteiger partial charge is 0.0716 e. The monoisotopic (exact) mass is 216 g/mol. The van der Waals surface area contributed by atoms with Crippen molar-refractivity contribution in [2.24, 2.45) is 0 Å². The SMILES string of the molecule is CCOCc1ccc(Cn2cccn2)cc1. The minimum absolute atomic E-state index is 0.693. The van der Waals surface area contributed by atoms with Gasteiger partial charge in [0, 0.05) is 19.0 Å². The van der Waals surface area contributed by atoms with Crippen LogP contribution < -0.4 is 0 Å². The van der Waals surface area contributed by atoms with Crippen molar-refractivity contribution >= 4 is 0 Å². The molecule has 84 valence electrons. The molecule has 0 aliphatic rings. The van der Waals surface area contributed by atoms with Gasteiger partial charge in [-0.2, -0.15) is 5.10 Å². The van der Waals surface area contributed by atoms with E-state index in [1.807, 2.05) is 23.9 Å². The minimum atomic E-state index is 0.693. The fourth-order valence-corrected chi connectivity index (χ4v) is 1.54. The van der Waals surface area contributed by atoms with Crippen LogP contribution >= 0.6 is 0 Å². The van der Waals surface area contributed by atoms with E-state index in [9.17, 15) is 0 Å². The van der Waals surface area contributed by atoms with Gasteiger partial charge in [0.2, 0.25) is 0 Å². The van der Waals surface area contributed by atoms with Crippen molar-refractivity contribution in [2.75, 3.05) is 6.61 Å². The van der Waals surface area contributed by atoms with Crippen LogP contribution in [0.5, 0.6) is 0 Å². The summed E-state index contributed by atoms with van der Waals surface area (Å²) in [6.45, 7) is 4.28. The van der Waals surface area contributed by atoms with Gasteiger partial charge in [0.1, 0.15) is 0 Å². The predicted molar refractivity (Wildman–Crippen MR) is 63.1 cm³/mol. The summed E-state index contributed by atoms with van der Waals surface area (Å²) in [6, 6.07) is 10.4. The summed E-state index contributed by atoms with van der Waals surface area (Å²) in [4.78, 5) is 0. The van der Waals surface area contributed by atoms with Gasteiger partial charge in [-0.1, -0.05) is 24.3 Å². The number of nitrogens with zero attached hydrogens (tertiary/aromatic N) is 2. The lowest BCUT2D eigenvalue weighted by molar-refractivity contribution is 0.134. The fraction of sp³-hybridized carbons (Fsp3) is 0.308. The maximum absolute atomic E-state index is 5.35. The molecular weight excluding hydrogens is 200 g/mol. The van der Waals surface area contributed by atoms with E-state index in [2.05, 4.69) is 29.4 Å². The van der Waals surface area contributed by atoms with E-state index in [4.69, 9.17) is 4.74 Å². The van der Waals surface area contributed by atoms with Gasteiger partial charge in [0.25, 0.3) is 0 Å². The molecule has 3 heteroatoms. The van der Waals surface area contributed by atoms with E-state index in [-0.39, 0.29) is 0 Å². The third-order valence-corrected chi connectivity index (χ3v) is 2.40. The quantitative estimate of drug-likeness (QED) is 0.767. The van der Waals surface area contributed by atoms with E-state index in [0.717, 1.165) is 13.2 Å². The number of hydrogen-bond donors (Lipinski definition) is 0. The molecule has 0 amide bonds. The summed E-state index contributed by atoms with van der Waals surface area (Å²) in [5.41, 5.74) is 2.47. The summed E-state index contributed by atoms with van der Waals surface area (Å²) in [5.74, 6) is 0. The molecule has 0 aliphatic carbocycles. The number of hydrogen-bond acceptors (Lipinski definition) is 2. The molecule has 1 aromatic heterocycles. The molecule has 0 aliphatic heterocycles. The zero-order chi connectivity index (χ0) is 11.2. The summed E-state index contributed by atoms with van der Waals surface area (Å²) in [5, 5.41) is 4.18. The Morgan fingerprint density at radius 3 is 2.56 bits per heavy atom. The molecule has 1 heterocycles. The third-order valence-electron chi connectivity index (χ3n) is 2.40. The Labute approximate surface area is 95.7 Å². The van der Waals surface area contributed by atoms with Crippen molar-refractivity contribution in [3.63, 3.8) is 0 Å². The van der Waals surface area contributed by atoms with E-state index in [1.54, 1.807) is 6.20 Å². The molecule has 0 radical (unpaired) electrons. The molecule has 2 rings (SSSR count). The summed E-state index contributed by atoms with van der Waals surface area (Å²) in [7, 11) is 0. The van der Waals surface area contributed by atoms with Crippen LogP contribution in [0.25, 0.3) is 0 Å². The normalized spacial score (nSPS) is 10.6. The van der Waals surface area contributed by atoms with Crippen LogP contribution in [0.1, 0.15) is 18.1 Å². The fourth-order valence-electron chi connectivity index (χ4n) is 1.54. The molecular formula is C13H16N2O. The molecule has 0 N–H and O–H groups in total. The zero-order valence-corrected chi connectivity index (χ0v) is 9.47. The average Bonchev–Trinajstić information content (AvgIpc) is 2.81. The Balaban J connectivity index is 1.96. The van der Waals surface area contributed by atoms with Gasteiger partial charge in [0.15, 0.2) is 0 Å². The Morgan fingerprint density at radius 2 is 1.94 bits per heavy atom. The largest absolute Gasteiger partial charge is 0.377 e. The van der Waals surface area contributed by atoms with Gasteiger partial charge in [0.05, 0.1) is 13.2 Å². The van der Waals surface area contributed by atoms with Crippen LogP contribution in [0.2, 0.25) is 0 Å². The van der Waals surface area contributed by atoms with Gasteiger partial charge in [-0.25, -0.2) is 0 Å². The van der Waals surface area contributed by atoms with Crippen LogP contribution in [0.4, 0.5) is 0 Å². The van der Waals surface area contributed by atoms with Gasteiger partial charge < -0.3 is 4.74 Å². The lowest BCUT2D eigenvalue weighted by atomic mass is 10.1. The number of ether oxygens (including phenoxy) is 1. The first-order valence-electron chi connectivity index (χ1n) is 5.51. The molecule has 2 aromatic rings. The van der Waals surface area contributed by atoms with Gasteiger partial charge in [-0.05, 0) is 24.1 Å². The van der Waals surface area contributed by atoms with Crippen molar-refractivity contribution in [1.29, 1.82) is 0 Å². The van der Waals surface area contributed by atoms with E-state index in [1.165, 1.54) is 11.1 Å². The number of aromatic nitrogens is 2. The molecule has 0 spiro atoms. The highest BCUT2D eigenvalue weighted by Gasteiger charge is 1.96. The van der Waals surface area contributed by atoms with Gasteiger partial charge in [-0.3, -0.25) is 4.68 Å². The second kappa shape index (κ2) is 5.47. The molecule has 3 nitrogen and oxygen atoms in total. The topological polar surface area (TPSA) is 27.1 Å². The van der Waals surface area contributed by atoms with E-state index in [0.29, 0.717) is 6.61 Å². The zero-order valence-electron chi connectivity index (χ0n) is 9.47. The highest BCUT2D eigenvalue weighted by Crippen LogP contribution is 2.07. The van der Waals surface area contributed by atoms with E-state index < -0.39 is 0 Å². The lowest BCUT2D eigenvalue weighted by Crippen LogP contribution is -2.00. The van der Waals surface area contributed by atoms with Gasteiger partial charge >= 0.3 is 0 Å². The van der Waals surface area contributed by atoms with Gasteiger partial charge in [-0.15, -0.1) is 0 Å². The van der Waals surface area contributed by atoms with Crippen LogP contribution in [0.15, 0.2) is 42.7 Å². The highest BCUT2D eigenvalue weighted by atomic mass is 16.5. The Kier molecular flexibility index (Phi) is 3.72. The molecule has 0 bridgehead atoms. The first kappa shape index (κ1) is 10.9. The maximum atomic E-state index is 5.35. The molecule has 1 aromatic carbocycles. The summed E-state index contributed by atoms with van der Waals surface area (Å²) in [6.07, 6.45) is 3.76. The van der Waals surface area contributed by atoms with Crippen LogP contribution in [-0.4, -0.2) is 16.4 Å². The van der Waals surface area contributed by atoms with Crippen LogP contribution in [0.3, 0.4) is 0 Å². The molecule has 0 atom stereocenters. The van der Waals surface area contributed by atoms with Crippen molar-refractivity contribution in [2.45, 2.75) is 20.1 Å². The molecule has 0 unspecified atom stereocenters. The van der Waals surface area contributed by atoms with Crippen molar-refractivity contribution in [1.82, 2.24) is 9.78 Å². The predicted octanol–water partition coefficient (Wildman–Crippen LogP) is 2.47. The van der Waals surface area contributed by atoms with Crippen molar-refractivity contribution in [3.05, 3.63) is 53.9 Å². The second-order valence-corrected chi connectivity index (χ2v) is 3.66. The molecule has 0 saturated carbocycles.